The van der Waals surface area contributed by atoms with Gasteiger partial charge in [-0.05, 0) is 44.9 Å². The van der Waals surface area contributed by atoms with E-state index < -0.39 is 11.2 Å². The molecular formula is C18H19N5O2. The summed E-state index contributed by atoms with van der Waals surface area (Å²) in [5, 5.41) is 0. The zero-order valence-corrected chi connectivity index (χ0v) is 14.8. The van der Waals surface area contributed by atoms with E-state index in [1.165, 1.54) is 10.1 Å². The lowest BCUT2D eigenvalue weighted by atomic mass is 10.1. The molecule has 3 heterocycles. The van der Waals surface area contributed by atoms with Crippen LogP contribution >= 0.6 is 0 Å². The van der Waals surface area contributed by atoms with Crippen molar-refractivity contribution in [3.05, 3.63) is 61.6 Å². The zero-order valence-electron chi connectivity index (χ0n) is 14.8. The maximum absolute atomic E-state index is 12.4. The van der Waals surface area contributed by atoms with Crippen LogP contribution in [-0.2, 0) is 7.05 Å². The molecule has 0 aliphatic heterocycles. The van der Waals surface area contributed by atoms with E-state index in [-0.39, 0.29) is 0 Å². The van der Waals surface area contributed by atoms with Gasteiger partial charge in [0.25, 0.3) is 5.56 Å². The summed E-state index contributed by atoms with van der Waals surface area (Å²) in [6.45, 7) is 8.10. The summed E-state index contributed by atoms with van der Waals surface area (Å²) in [5.74, 6) is 0.630. The molecule has 4 aromatic rings. The van der Waals surface area contributed by atoms with Crippen molar-refractivity contribution < 1.29 is 0 Å². The maximum Gasteiger partial charge on any atom is 0.329 e. The van der Waals surface area contributed by atoms with Crippen molar-refractivity contribution in [3.63, 3.8) is 0 Å². The summed E-state index contributed by atoms with van der Waals surface area (Å²) >= 11 is 0. The average molecular weight is 337 g/mol. The minimum Gasteiger partial charge on any atom is -0.282 e. The molecule has 0 spiro atoms. The van der Waals surface area contributed by atoms with E-state index in [2.05, 4.69) is 29.9 Å². The smallest absolute Gasteiger partial charge is 0.282 e. The number of benzene rings is 1. The zero-order chi connectivity index (χ0) is 18.0. The predicted octanol–water partition coefficient (Wildman–Crippen LogP) is 1.90. The molecule has 0 atom stereocenters. The summed E-state index contributed by atoms with van der Waals surface area (Å²) in [7, 11) is 1.61. The van der Waals surface area contributed by atoms with Crippen LogP contribution in [0.2, 0.25) is 0 Å². The van der Waals surface area contributed by atoms with Crippen molar-refractivity contribution in [2.75, 3.05) is 0 Å². The topological polar surface area (TPSA) is 77.1 Å². The molecular weight excluding hydrogens is 318 g/mol. The van der Waals surface area contributed by atoms with Crippen LogP contribution in [0.15, 0.2) is 27.8 Å². The standard InChI is InChI=1S/C18H19N5O2/c1-9-7-6-8-13(10(9)2)22-11(3)12(4)23-14-15(19-17(22)23)21(5)18(25)20-16(14)24/h6-8H,1-5H3,(H,20,24,25). The second-order valence-electron chi connectivity index (χ2n) is 6.46. The van der Waals surface area contributed by atoms with E-state index in [1.807, 2.05) is 34.9 Å². The number of imidazole rings is 2. The Morgan fingerprint density at radius 2 is 1.76 bits per heavy atom. The minimum atomic E-state index is -0.467. The van der Waals surface area contributed by atoms with Gasteiger partial charge in [-0.25, -0.2) is 4.79 Å². The monoisotopic (exact) mass is 337 g/mol. The van der Waals surface area contributed by atoms with Crippen LogP contribution in [0.1, 0.15) is 22.5 Å². The number of aromatic nitrogens is 5. The van der Waals surface area contributed by atoms with Crippen LogP contribution in [0, 0.1) is 27.7 Å². The van der Waals surface area contributed by atoms with Gasteiger partial charge < -0.3 is 0 Å². The molecule has 0 fully saturated rings. The number of aryl methyl sites for hydroxylation is 3. The fourth-order valence-corrected chi connectivity index (χ4v) is 3.38. The molecule has 3 aromatic heterocycles. The van der Waals surface area contributed by atoms with E-state index in [9.17, 15) is 9.59 Å². The van der Waals surface area contributed by atoms with Gasteiger partial charge in [0.15, 0.2) is 11.2 Å². The van der Waals surface area contributed by atoms with Crippen molar-refractivity contribution in [2.45, 2.75) is 27.7 Å². The lowest BCUT2D eigenvalue weighted by molar-refractivity contribution is 0.830. The van der Waals surface area contributed by atoms with E-state index in [0.717, 1.165) is 22.6 Å². The first-order valence-corrected chi connectivity index (χ1v) is 8.09. The molecule has 0 bridgehead atoms. The van der Waals surface area contributed by atoms with E-state index in [0.29, 0.717) is 16.9 Å². The van der Waals surface area contributed by atoms with Crippen molar-refractivity contribution in [2.24, 2.45) is 7.05 Å². The SMILES string of the molecule is Cc1cccc(-n2c(C)c(C)n3c4c(=O)[nH]c(=O)n(C)c4nc23)c1C. The van der Waals surface area contributed by atoms with Crippen molar-refractivity contribution in [1.29, 1.82) is 0 Å². The molecule has 0 saturated heterocycles. The highest BCUT2D eigenvalue weighted by atomic mass is 16.2. The van der Waals surface area contributed by atoms with Gasteiger partial charge in [-0.3, -0.25) is 23.3 Å². The number of hydrogen-bond acceptors (Lipinski definition) is 3. The van der Waals surface area contributed by atoms with Gasteiger partial charge in [-0.15, -0.1) is 0 Å². The number of aromatic amines is 1. The van der Waals surface area contributed by atoms with Crippen LogP contribution in [0.5, 0.6) is 0 Å². The quantitative estimate of drug-likeness (QED) is 0.576. The van der Waals surface area contributed by atoms with Crippen LogP contribution in [0.3, 0.4) is 0 Å². The summed E-state index contributed by atoms with van der Waals surface area (Å²) in [6.07, 6.45) is 0. The minimum absolute atomic E-state index is 0.380. The number of H-pyrrole nitrogens is 1. The van der Waals surface area contributed by atoms with Gasteiger partial charge >= 0.3 is 5.69 Å². The van der Waals surface area contributed by atoms with Gasteiger partial charge in [0.05, 0.1) is 5.69 Å². The third-order valence-corrected chi connectivity index (χ3v) is 5.11. The number of rotatable bonds is 1. The lowest BCUT2D eigenvalue weighted by Crippen LogP contribution is -2.28. The Morgan fingerprint density at radius 1 is 1.04 bits per heavy atom. The Kier molecular flexibility index (Phi) is 3.06. The third-order valence-electron chi connectivity index (χ3n) is 5.11. The Bertz CT molecular complexity index is 1280. The predicted molar refractivity (Wildman–Crippen MR) is 96.8 cm³/mol. The highest BCUT2D eigenvalue weighted by Gasteiger charge is 2.21. The average Bonchev–Trinajstić information content (AvgIpc) is 3.06. The van der Waals surface area contributed by atoms with Crippen LogP contribution < -0.4 is 11.2 Å². The first-order chi connectivity index (χ1) is 11.8. The molecule has 7 heteroatoms. The normalized spacial score (nSPS) is 11.7. The Balaban J connectivity index is 2.27. The van der Waals surface area contributed by atoms with Crippen molar-refractivity contribution in [3.8, 4) is 5.69 Å². The molecule has 1 N–H and O–H groups in total. The van der Waals surface area contributed by atoms with Gasteiger partial charge in [0.2, 0.25) is 5.78 Å². The van der Waals surface area contributed by atoms with E-state index in [4.69, 9.17) is 0 Å². The first-order valence-electron chi connectivity index (χ1n) is 8.09. The van der Waals surface area contributed by atoms with Gasteiger partial charge in [-0.1, -0.05) is 12.1 Å². The fraction of sp³-hybridized carbons (Fsp3) is 0.278. The molecule has 0 amide bonds. The first kappa shape index (κ1) is 15.4. The maximum atomic E-state index is 12.4. The molecule has 0 aliphatic carbocycles. The van der Waals surface area contributed by atoms with Gasteiger partial charge in [0, 0.05) is 18.4 Å². The highest BCUT2D eigenvalue weighted by Crippen LogP contribution is 2.27. The van der Waals surface area contributed by atoms with E-state index in [1.54, 1.807) is 7.05 Å². The lowest BCUT2D eigenvalue weighted by Gasteiger charge is -2.11. The van der Waals surface area contributed by atoms with Gasteiger partial charge in [-0.2, -0.15) is 4.98 Å². The number of fused-ring (bicyclic) bond motifs is 3. The molecule has 0 saturated carbocycles. The second kappa shape index (κ2) is 4.95. The molecule has 1 aromatic carbocycles. The van der Waals surface area contributed by atoms with Gasteiger partial charge in [0.1, 0.15) is 0 Å². The molecule has 4 rings (SSSR count). The molecule has 128 valence electrons. The van der Waals surface area contributed by atoms with Crippen LogP contribution in [0.25, 0.3) is 22.6 Å². The van der Waals surface area contributed by atoms with E-state index >= 15 is 0 Å². The summed E-state index contributed by atoms with van der Waals surface area (Å²) in [4.78, 5) is 31.3. The van der Waals surface area contributed by atoms with Crippen LogP contribution in [-0.4, -0.2) is 23.5 Å². The largest absolute Gasteiger partial charge is 0.329 e. The number of hydrogen-bond donors (Lipinski definition) is 1. The molecule has 0 aliphatic rings. The Hall–Kier alpha value is -3.09. The van der Waals surface area contributed by atoms with Crippen LogP contribution in [0.4, 0.5) is 0 Å². The highest BCUT2D eigenvalue weighted by molar-refractivity contribution is 5.77. The summed E-state index contributed by atoms with van der Waals surface area (Å²) in [6, 6.07) is 6.11. The fourth-order valence-electron chi connectivity index (χ4n) is 3.38. The summed E-state index contributed by atoms with van der Waals surface area (Å²) in [5.41, 5.74) is 5.16. The third kappa shape index (κ3) is 1.89. The molecule has 0 unspecified atom stereocenters. The number of nitrogens with one attached hydrogen (secondary N) is 1. The molecule has 7 nitrogen and oxygen atoms in total. The molecule has 25 heavy (non-hydrogen) atoms. The number of nitrogens with zero attached hydrogens (tertiary/aromatic N) is 4. The molecule has 0 radical (unpaired) electrons. The van der Waals surface area contributed by atoms with Crippen molar-refractivity contribution >= 4 is 16.9 Å². The van der Waals surface area contributed by atoms with Crippen molar-refractivity contribution in [1.82, 2.24) is 23.5 Å². The second-order valence-corrected chi connectivity index (χ2v) is 6.46. The summed E-state index contributed by atoms with van der Waals surface area (Å²) < 4.78 is 5.23. The Morgan fingerprint density at radius 3 is 2.48 bits per heavy atom. The Labute approximate surface area is 143 Å².